The third-order valence-electron chi connectivity index (χ3n) is 3.21. The van der Waals surface area contributed by atoms with Crippen LogP contribution in [-0.4, -0.2) is 24.0 Å². The molecule has 3 aromatic rings. The average Bonchev–Trinajstić information content (AvgIpc) is 3.24. The molecule has 0 atom stereocenters. The van der Waals surface area contributed by atoms with Gasteiger partial charge in [0.1, 0.15) is 11.5 Å². The molecule has 6 nitrogen and oxygen atoms in total. The average molecular weight is 343 g/mol. The maximum Gasteiger partial charge on any atom is 0.366 e. The highest BCUT2D eigenvalue weighted by atomic mass is 32.1. The third-order valence-corrected chi connectivity index (χ3v) is 4.07. The first-order chi connectivity index (χ1) is 11.6. The Morgan fingerprint density at radius 3 is 2.50 bits per heavy atom. The number of ether oxygens (including phenoxy) is 2. The molecule has 0 radical (unpaired) electrons. The Hall–Kier alpha value is -2.93. The van der Waals surface area contributed by atoms with Crippen LogP contribution in [-0.2, 0) is 4.74 Å². The maximum absolute atomic E-state index is 12.3. The van der Waals surface area contributed by atoms with Crippen LogP contribution in [0.1, 0.15) is 26.6 Å². The molecule has 2 aromatic heterocycles. The summed E-state index contributed by atoms with van der Waals surface area (Å²) >= 11 is 1.47. The van der Waals surface area contributed by atoms with Crippen LogP contribution in [0.3, 0.4) is 0 Å². The van der Waals surface area contributed by atoms with E-state index in [0.29, 0.717) is 23.0 Å². The summed E-state index contributed by atoms with van der Waals surface area (Å²) in [7, 11) is 1.30. The zero-order valence-corrected chi connectivity index (χ0v) is 13.8. The van der Waals surface area contributed by atoms with Gasteiger partial charge in [-0.3, -0.25) is 0 Å². The zero-order chi connectivity index (χ0) is 17.1. The summed E-state index contributed by atoms with van der Waals surface area (Å²) in [5, 5.41) is 1.90. The fourth-order valence-electron chi connectivity index (χ4n) is 2.02. The molecule has 0 aliphatic carbocycles. The Bertz CT molecular complexity index is 865. The number of methoxy groups -OCH3 is 1. The summed E-state index contributed by atoms with van der Waals surface area (Å²) in [4.78, 5) is 28.7. The number of thiophene rings is 1. The number of nitrogens with zero attached hydrogens (tertiary/aromatic N) is 1. The van der Waals surface area contributed by atoms with Gasteiger partial charge in [-0.25, -0.2) is 14.6 Å². The van der Waals surface area contributed by atoms with Gasteiger partial charge in [0.15, 0.2) is 5.69 Å². The Balaban J connectivity index is 1.77. The molecule has 1 aromatic carbocycles. The number of rotatable bonds is 4. The molecule has 24 heavy (non-hydrogen) atoms. The minimum Gasteiger partial charge on any atom is -0.465 e. The molecular weight excluding hydrogens is 330 g/mol. The van der Waals surface area contributed by atoms with Crippen LogP contribution in [0.25, 0.3) is 10.8 Å². The molecule has 0 bridgehead atoms. The lowest BCUT2D eigenvalue weighted by Gasteiger charge is -2.03. The Kier molecular flexibility index (Phi) is 4.43. The Morgan fingerprint density at radius 2 is 1.88 bits per heavy atom. The molecule has 0 unspecified atom stereocenters. The first kappa shape index (κ1) is 15.9. The summed E-state index contributed by atoms with van der Waals surface area (Å²) in [6.45, 7) is 1.65. The second kappa shape index (κ2) is 6.67. The van der Waals surface area contributed by atoms with E-state index in [9.17, 15) is 9.59 Å². The van der Waals surface area contributed by atoms with Crippen LogP contribution in [0.2, 0.25) is 0 Å². The Morgan fingerprint density at radius 1 is 1.12 bits per heavy atom. The van der Waals surface area contributed by atoms with Crippen molar-refractivity contribution >= 4 is 23.3 Å². The lowest BCUT2D eigenvalue weighted by Crippen LogP contribution is -2.10. The number of aromatic nitrogens is 1. The van der Waals surface area contributed by atoms with Crippen molar-refractivity contribution in [2.24, 2.45) is 0 Å². The third kappa shape index (κ3) is 3.21. The van der Waals surface area contributed by atoms with Crippen LogP contribution in [0, 0.1) is 6.92 Å². The Labute approximate surface area is 141 Å². The molecule has 0 aliphatic heterocycles. The van der Waals surface area contributed by atoms with Crippen molar-refractivity contribution in [3.05, 3.63) is 58.8 Å². The van der Waals surface area contributed by atoms with E-state index in [2.05, 4.69) is 9.72 Å². The quantitative estimate of drug-likeness (QED) is 0.531. The summed E-state index contributed by atoms with van der Waals surface area (Å²) in [6.07, 6.45) is 0. The van der Waals surface area contributed by atoms with Gasteiger partial charge in [-0.1, -0.05) is 6.07 Å². The van der Waals surface area contributed by atoms with Gasteiger partial charge in [0.2, 0.25) is 5.89 Å². The van der Waals surface area contributed by atoms with Crippen molar-refractivity contribution in [2.45, 2.75) is 6.92 Å². The van der Waals surface area contributed by atoms with Gasteiger partial charge in [-0.2, -0.15) is 0 Å². The SMILES string of the molecule is COC(=O)c1ccc(OC(=O)c2nc(-c3cccs3)oc2C)cc1. The van der Waals surface area contributed by atoms with Gasteiger partial charge >= 0.3 is 11.9 Å². The number of hydrogen-bond acceptors (Lipinski definition) is 7. The number of carbonyl (C=O) groups excluding carboxylic acids is 2. The fraction of sp³-hybridized carbons (Fsp3) is 0.118. The van der Waals surface area contributed by atoms with E-state index < -0.39 is 11.9 Å². The molecule has 0 spiro atoms. The molecular formula is C17H13NO5S. The number of oxazole rings is 1. The molecule has 0 saturated heterocycles. The van der Waals surface area contributed by atoms with E-state index in [0.717, 1.165) is 4.88 Å². The monoisotopic (exact) mass is 343 g/mol. The summed E-state index contributed by atoms with van der Waals surface area (Å²) in [6, 6.07) is 9.79. The second-order valence-electron chi connectivity index (χ2n) is 4.81. The topological polar surface area (TPSA) is 78.6 Å². The molecule has 7 heteroatoms. The van der Waals surface area contributed by atoms with Gasteiger partial charge in [-0.15, -0.1) is 11.3 Å². The van der Waals surface area contributed by atoms with Gasteiger partial charge in [0.25, 0.3) is 0 Å². The summed E-state index contributed by atoms with van der Waals surface area (Å²) in [5.74, 6) is -0.0107. The van der Waals surface area contributed by atoms with E-state index in [-0.39, 0.29) is 5.69 Å². The van der Waals surface area contributed by atoms with E-state index in [4.69, 9.17) is 9.15 Å². The van der Waals surface area contributed by atoms with Crippen LogP contribution in [0.4, 0.5) is 0 Å². The van der Waals surface area contributed by atoms with E-state index in [1.807, 2.05) is 17.5 Å². The van der Waals surface area contributed by atoms with Crippen LogP contribution >= 0.6 is 11.3 Å². The first-order valence-electron chi connectivity index (χ1n) is 7.00. The van der Waals surface area contributed by atoms with Crippen molar-refractivity contribution in [2.75, 3.05) is 7.11 Å². The molecule has 0 fully saturated rings. The highest BCUT2D eigenvalue weighted by Gasteiger charge is 2.20. The van der Waals surface area contributed by atoms with Gasteiger partial charge < -0.3 is 13.9 Å². The molecule has 0 saturated carbocycles. The lowest BCUT2D eigenvalue weighted by atomic mass is 10.2. The highest BCUT2D eigenvalue weighted by molar-refractivity contribution is 7.13. The minimum atomic E-state index is -0.620. The highest BCUT2D eigenvalue weighted by Crippen LogP contribution is 2.26. The minimum absolute atomic E-state index is 0.121. The smallest absolute Gasteiger partial charge is 0.366 e. The number of aryl methyl sites for hydroxylation is 1. The van der Waals surface area contributed by atoms with Crippen LogP contribution < -0.4 is 4.74 Å². The van der Waals surface area contributed by atoms with Gasteiger partial charge in [-0.05, 0) is 42.6 Å². The van der Waals surface area contributed by atoms with Crippen molar-refractivity contribution < 1.29 is 23.5 Å². The van der Waals surface area contributed by atoms with Crippen molar-refractivity contribution in [3.8, 4) is 16.5 Å². The van der Waals surface area contributed by atoms with Crippen molar-refractivity contribution in [3.63, 3.8) is 0 Å². The molecule has 0 aliphatic rings. The van der Waals surface area contributed by atoms with Crippen LogP contribution in [0.15, 0.2) is 46.2 Å². The molecule has 0 amide bonds. The molecule has 2 heterocycles. The maximum atomic E-state index is 12.3. The van der Waals surface area contributed by atoms with Crippen molar-refractivity contribution in [1.29, 1.82) is 0 Å². The normalized spacial score (nSPS) is 10.4. The number of hydrogen-bond donors (Lipinski definition) is 0. The molecule has 3 rings (SSSR count). The fourth-order valence-corrected chi connectivity index (χ4v) is 2.67. The largest absolute Gasteiger partial charge is 0.465 e. The van der Waals surface area contributed by atoms with E-state index in [1.165, 1.54) is 42.7 Å². The zero-order valence-electron chi connectivity index (χ0n) is 12.9. The number of esters is 2. The van der Waals surface area contributed by atoms with E-state index >= 15 is 0 Å². The predicted octanol–water partition coefficient (Wildman–Crippen LogP) is 3.72. The second-order valence-corrected chi connectivity index (χ2v) is 5.75. The van der Waals surface area contributed by atoms with E-state index in [1.54, 1.807) is 6.92 Å². The molecule has 122 valence electrons. The summed E-state index contributed by atoms with van der Waals surface area (Å²) in [5.41, 5.74) is 0.491. The predicted molar refractivity (Wildman–Crippen MR) is 87.3 cm³/mol. The first-order valence-corrected chi connectivity index (χ1v) is 7.88. The number of benzene rings is 1. The lowest BCUT2D eigenvalue weighted by molar-refractivity contribution is 0.0600. The molecule has 0 N–H and O–H groups in total. The summed E-state index contributed by atoms with van der Waals surface area (Å²) < 4.78 is 15.4. The van der Waals surface area contributed by atoms with Crippen molar-refractivity contribution in [1.82, 2.24) is 4.98 Å². The van der Waals surface area contributed by atoms with Crippen LogP contribution in [0.5, 0.6) is 5.75 Å². The number of carbonyl (C=O) groups is 2. The van der Waals surface area contributed by atoms with Gasteiger partial charge in [0, 0.05) is 0 Å². The van der Waals surface area contributed by atoms with Gasteiger partial charge in [0.05, 0.1) is 17.6 Å². The standard InChI is InChI=1S/C17H13NO5S/c1-10-14(18-15(22-10)13-4-3-9-24-13)17(20)23-12-7-5-11(6-8-12)16(19)21-2/h3-9H,1-2H3.